The van der Waals surface area contributed by atoms with Crippen molar-refractivity contribution in [2.75, 3.05) is 7.05 Å². The summed E-state index contributed by atoms with van der Waals surface area (Å²) in [6.45, 7) is 5.11. The largest absolute Gasteiger partial charge is 0.351 e. The van der Waals surface area contributed by atoms with E-state index in [0.717, 1.165) is 38.5 Å². The molecule has 2 unspecified atom stereocenters. The van der Waals surface area contributed by atoms with Crippen molar-refractivity contribution in [1.29, 1.82) is 0 Å². The molecule has 5 rings (SSSR count). The second-order valence-electron chi connectivity index (χ2n) is 10.7. The highest BCUT2D eigenvalue weighted by molar-refractivity contribution is 7.09. The summed E-state index contributed by atoms with van der Waals surface area (Å²) in [5.74, 6) is 0.579. The van der Waals surface area contributed by atoms with Crippen molar-refractivity contribution < 1.29 is 14.0 Å². The van der Waals surface area contributed by atoms with Crippen LogP contribution in [0.15, 0.2) is 29.4 Å². The number of carbonyl (C=O) groups excluding carboxylic acids is 2. The summed E-state index contributed by atoms with van der Waals surface area (Å²) in [6.07, 6.45) is 7.68. The van der Waals surface area contributed by atoms with Gasteiger partial charge in [0.05, 0.1) is 6.54 Å². The monoisotopic (exact) mass is 444 g/mol. The quantitative estimate of drug-likeness (QED) is 0.720. The average Bonchev–Trinajstić information content (AvgIpc) is 3.37. The third-order valence-corrected chi connectivity index (χ3v) is 10.4. The highest BCUT2D eigenvalue weighted by atomic mass is 32.1. The predicted molar refractivity (Wildman–Crippen MR) is 120 cm³/mol. The minimum absolute atomic E-state index is 0.0164. The fraction of sp³-hybridized carbons (Fsp3) is 0.680. The Bertz CT molecular complexity index is 915. The summed E-state index contributed by atoms with van der Waals surface area (Å²) in [4.78, 5) is 28.2. The van der Waals surface area contributed by atoms with Gasteiger partial charge in [0.1, 0.15) is 0 Å². The Kier molecular flexibility index (Phi) is 5.07. The number of fused-ring (bicyclic) bond motifs is 5. The second-order valence-corrected chi connectivity index (χ2v) is 11.7. The molecule has 1 aromatic heterocycles. The first kappa shape index (κ1) is 21.2. The fourth-order valence-electron chi connectivity index (χ4n) is 7.97. The third kappa shape index (κ3) is 3.12. The molecule has 1 N–H and O–H groups in total. The summed E-state index contributed by atoms with van der Waals surface area (Å²) >= 11 is 1.68. The molecule has 0 bridgehead atoms. The van der Waals surface area contributed by atoms with E-state index in [1.807, 2.05) is 11.4 Å². The number of carbonyl (C=O) groups is 2. The maximum absolute atomic E-state index is 14.5. The first-order valence-corrected chi connectivity index (χ1v) is 12.6. The van der Waals surface area contributed by atoms with E-state index in [-0.39, 0.29) is 28.7 Å². The summed E-state index contributed by atoms with van der Waals surface area (Å²) in [5, 5.41) is 5.24. The number of hydrogen-bond acceptors (Lipinski definition) is 3. The molecule has 1 aliphatic heterocycles. The number of rotatable bonds is 3. The Morgan fingerprint density at radius 3 is 2.77 bits per heavy atom. The van der Waals surface area contributed by atoms with Crippen LogP contribution in [-0.2, 0) is 16.1 Å². The van der Waals surface area contributed by atoms with Gasteiger partial charge in [-0.1, -0.05) is 19.9 Å². The van der Waals surface area contributed by atoms with E-state index in [4.69, 9.17) is 0 Å². The summed E-state index contributed by atoms with van der Waals surface area (Å²) in [5.41, 5.74) is -0.293. The number of hydrogen-bond donors (Lipinski definition) is 1. The Hall–Kier alpha value is -1.69. The molecule has 3 aliphatic carbocycles. The molecule has 2 amide bonds. The molecule has 3 fully saturated rings. The maximum Gasteiger partial charge on any atom is 0.282 e. The van der Waals surface area contributed by atoms with E-state index < -0.39 is 11.7 Å². The molecule has 31 heavy (non-hydrogen) atoms. The summed E-state index contributed by atoms with van der Waals surface area (Å²) in [6, 6.07) is 4.16. The van der Waals surface area contributed by atoms with Gasteiger partial charge in [-0.2, -0.15) is 0 Å². The molecule has 0 aromatic carbocycles. The molecule has 0 radical (unpaired) electrons. The van der Waals surface area contributed by atoms with E-state index in [2.05, 4.69) is 25.2 Å². The van der Waals surface area contributed by atoms with Crippen LogP contribution in [0.5, 0.6) is 0 Å². The zero-order valence-corrected chi connectivity index (χ0v) is 19.5. The van der Waals surface area contributed by atoms with Crippen molar-refractivity contribution in [2.45, 2.75) is 65.0 Å². The van der Waals surface area contributed by atoms with Gasteiger partial charge in [-0.3, -0.25) is 9.59 Å². The van der Waals surface area contributed by atoms with Crippen molar-refractivity contribution >= 4 is 23.2 Å². The molecule has 0 spiro atoms. The smallest absolute Gasteiger partial charge is 0.282 e. The summed E-state index contributed by atoms with van der Waals surface area (Å²) < 4.78 is 14.5. The zero-order valence-electron chi connectivity index (χ0n) is 18.7. The average molecular weight is 445 g/mol. The minimum Gasteiger partial charge on any atom is -0.351 e. The van der Waals surface area contributed by atoms with Crippen LogP contribution in [0.25, 0.3) is 0 Å². The molecule has 3 saturated carbocycles. The molecule has 6 heteroatoms. The van der Waals surface area contributed by atoms with Gasteiger partial charge >= 0.3 is 0 Å². The van der Waals surface area contributed by atoms with Crippen LogP contribution in [0.4, 0.5) is 4.39 Å². The lowest BCUT2D eigenvalue weighted by atomic mass is 9.47. The van der Waals surface area contributed by atoms with Crippen LogP contribution in [0, 0.1) is 34.5 Å². The Labute approximate surface area is 188 Å². The normalized spacial score (nSPS) is 41.8. The Morgan fingerprint density at radius 2 is 2.03 bits per heavy atom. The SMILES string of the molecule is CN1C(=O)C(F)=C[C@@]2(C)C1CC[C@@H]1[C@H]2CC[C@]2(C)C(C(=O)NCc3cccs3)CC[C@@H]12. The lowest BCUT2D eigenvalue weighted by Gasteiger charge is -2.60. The number of nitrogens with zero attached hydrogens (tertiary/aromatic N) is 1. The van der Waals surface area contributed by atoms with Crippen LogP contribution >= 0.6 is 11.3 Å². The zero-order chi connectivity index (χ0) is 22.0. The molecule has 7 atom stereocenters. The van der Waals surface area contributed by atoms with Crippen LogP contribution in [0.1, 0.15) is 57.2 Å². The van der Waals surface area contributed by atoms with Crippen molar-refractivity contribution in [3.63, 3.8) is 0 Å². The van der Waals surface area contributed by atoms with Gasteiger partial charge in [0, 0.05) is 29.3 Å². The highest BCUT2D eigenvalue weighted by Gasteiger charge is 2.62. The first-order chi connectivity index (χ1) is 14.8. The number of thiophene rings is 1. The molecule has 1 aromatic rings. The van der Waals surface area contributed by atoms with Crippen LogP contribution in [0.3, 0.4) is 0 Å². The van der Waals surface area contributed by atoms with Crippen molar-refractivity contribution in [3.8, 4) is 0 Å². The predicted octanol–water partition coefficient (Wildman–Crippen LogP) is 4.92. The van der Waals surface area contributed by atoms with Crippen LogP contribution in [0.2, 0.25) is 0 Å². The molecular formula is C25H33FN2O2S. The van der Waals surface area contributed by atoms with Crippen molar-refractivity contribution in [1.82, 2.24) is 10.2 Å². The van der Waals surface area contributed by atoms with Crippen molar-refractivity contribution in [3.05, 3.63) is 34.3 Å². The third-order valence-electron chi connectivity index (χ3n) is 9.49. The lowest BCUT2D eigenvalue weighted by molar-refractivity contribution is -0.145. The van der Waals surface area contributed by atoms with E-state index in [1.165, 1.54) is 4.88 Å². The van der Waals surface area contributed by atoms with Gasteiger partial charge in [-0.15, -0.1) is 11.3 Å². The Morgan fingerprint density at radius 1 is 1.23 bits per heavy atom. The fourth-order valence-corrected chi connectivity index (χ4v) is 8.62. The number of amides is 2. The van der Waals surface area contributed by atoms with E-state index in [1.54, 1.807) is 29.4 Å². The second kappa shape index (κ2) is 7.43. The minimum atomic E-state index is -0.590. The topological polar surface area (TPSA) is 49.4 Å². The van der Waals surface area contributed by atoms with E-state index >= 15 is 0 Å². The highest BCUT2D eigenvalue weighted by Crippen LogP contribution is 2.65. The Balaban J connectivity index is 1.36. The molecular weight excluding hydrogens is 411 g/mol. The maximum atomic E-state index is 14.5. The van der Waals surface area contributed by atoms with Gasteiger partial charge in [-0.25, -0.2) is 4.39 Å². The van der Waals surface area contributed by atoms with E-state index in [0.29, 0.717) is 24.3 Å². The van der Waals surface area contributed by atoms with Gasteiger partial charge in [-0.05, 0) is 79.2 Å². The lowest BCUT2D eigenvalue weighted by Crippen LogP contribution is -2.60. The summed E-state index contributed by atoms with van der Waals surface area (Å²) in [7, 11) is 1.76. The van der Waals surface area contributed by atoms with Gasteiger partial charge < -0.3 is 10.2 Å². The first-order valence-electron chi connectivity index (χ1n) is 11.7. The molecule has 4 nitrogen and oxygen atoms in total. The molecule has 4 aliphatic rings. The van der Waals surface area contributed by atoms with Gasteiger partial charge in [0.2, 0.25) is 5.91 Å². The number of nitrogens with one attached hydrogen (secondary N) is 1. The van der Waals surface area contributed by atoms with Crippen LogP contribution < -0.4 is 5.32 Å². The molecule has 2 heterocycles. The van der Waals surface area contributed by atoms with Crippen molar-refractivity contribution in [2.24, 2.45) is 34.5 Å². The van der Waals surface area contributed by atoms with E-state index in [9.17, 15) is 14.0 Å². The molecule has 168 valence electrons. The number of likely N-dealkylation sites (N-methyl/N-ethyl adjacent to an activating group) is 1. The molecule has 0 saturated heterocycles. The van der Waals surface area contributed by atoms with Gasteiger partial charge in [0.15, 0.2) is 5.83 Å². The standard InChI is InChI=1S/C25H33FN2O2S/c1-24-11-10-18-16(6-9-21-25(18,2)13-20(26)23(30)28(21)3)17(24)7-8-19(24)22(29)27-14-15-5-4-12-31-15/h4-5,12-13,16-19,21H,6-11,14H2,1-3H3,(H,27,29)/t16-,17-,18+,19?,21?,24-,25+/m0/s1. The van der Waals surface area contributed by atoms with Gasteiger partial charge in [0.25, 0.3) is 5.91 Å². The van der Waals surface area contributed by atoms with Crippen LogP contribution in [-0.4, -0.2) is 29.8 Å². The number of halogens is 1.